The molecule has 1 heterocycles. The number of nitrogen functional groups attached to an aromatic ring is 1. The molecule has 1 amide bonds. The number of nitrogens with zero attached hydrogens (tertiary/aromatic N) is 2. The Labute approximate surface area is 101 Å². The Hall–Kier alpha value is -1.98. The summed E-state index contributed by atoms with van der Waals surface area (Å²) in [6.07, 6.45) is 0. The summed E-state index contributed by atoms with van der Waals surface area (Å²) >= 11 is 0. The van der Waals surface area contributed by atoms with Crippen molar-refractivity contribution in [2.75, 3.05) is 38.3 Å². The van der Waals surface area contributed by atoms with Crippen LogP contribution < -0.4 is 15.8 Å². The van der Waals surface area contributed by atoms with Crippen molar-refractivity contribution < 1.29 is 9.53 Å². The zero-order valence-corrected chi connectivity index (χ0v) is 10.4. The van der Waals surface area contributed by atoms with Gasteiger partial charge < -0.3 is 20.7 Å². The highest BCUT2D eigenvalue weighted by Crippen LogP contribution is 2.19. The maximum absolute atomic E-state index is 11.5. The van der Waals surface area contributed by atoms with E-state index in [-0.39, 0.29) is 12.5 Å². The molecular formula is C11H18N4O2. The number of carbonyl (C=O) groups excluding carboxylic acids is 1. The maximum Gasteiger partial charge on any atom is 0.241 e. The first-order valence-electron chi connectivity index (χ1n) is 5.36. The fourth-order valence-corrected chi connectivity index (χ4v) is 1.19. The summed E-state index contributed by atoms with van der Waals surface area (Å²) in [6, 6.07) is 3.39. The topological polar surface area (TPSA) is 80.5 Å². The van der Waals surface area contributed by atoms with Gasteiger partial charge in [0.2, 0.25) is 11.8 Å². The molecule has 0 spiro atoms. The predicted molar refractivity (Wildman–Crippen MR) is 67.0 cm³/mol. The predicted octanol–water partition coefficient (Wildman–Crippen LogP) is 0.563. The average molecular weight is 238 g/mol. The molecule has 0 fully saturated rings. The number of nitrogens with one attached hydrogen (secondary N) is 1. The minimum atomic E-state index is 0.00471. The Balaban J connectivity index is 2.61. The maximum atomic E-state index is 11.5. The van der Waals surface area contributed by atoms with Crippen LogP contribution in [0, 0.1) is 0 Å². The highest BCUT2D eigenvalue weighted by atomic mass is 16.5. The summed E-state index contributed by atoms with van der Waals surface area (Å²) in [6.45, 7) is 2.80. The van der Waals surface area contributed by atoms with Gasteiger partial charge in [-0.3, -0.25) is 4.79 Å². The van der Waals surface area contributed by atoms with Gasteiger partial charge in [-0.25, -0.2) is 0 Å². The number of nitrogens with two attached hydrogens (primary N) is 1. The van der Waals surface area contributed by atoms with E-state index in [1.165, 1.54) is 7.11 Å². The molecule has 94 valence electrons. The Morgan fingerprint density at radius 2 is 2.29 bits per heavy atom. The van der Waals surface area contributed by atoms with E-state index in [0.29, 0.717) is 23.9 Å². The van der Waals surface area contributed by atoms with Gasteiger partial charge in [-0.05, 0) is 19.1 Å². The van der Waals surface area contributed by atoms with Gasteiger partial charge in [0.1, 0.15) is 5.82 Å². The number of methoxy groups -OCH3 is 1. The second-order valence-electron chi connectivity index (χ2n) is 3.56. The van der Waals surface area contributed by atoms with Gasteiger partial charge in [0.15, 0.2) is 0 Å². The summed E-state index contributed by atoms with van der Waals surface area (Å²) in [5, 5.41) is 2.92. The first-order chi connectivity index (χ1) is 8.08. The SMILES string of the molecule is CCN(C)C(=O)CNc1ccc(N)c(OC)n1. The van der Waals surface area contributed by atoms with E-state index < -0.39 is 0 Å². The van der Waals surface area contributed by atoms with Crippen LogP contribution in [0.5, 0.6) is 5.88 Å². The van der Waals surface area contributed by atoms with Crippen molar-refractivity contribution in [2.45, 2.75) is 6.92 Å². The number of aromatic nitrogens is 1. The number of hydrogen-bond donors (Lipinski definition) is 2. The molecule has 17 heavy (non-hydrogen) atoms. The van der Waals surface area contributed by atoms with E-state index in [1.807, 2.05) is 6.92 Å². The third-order valence-electron chi connectivity index (χ3n) is 2.40. The van der Waals surface area contributed by atoms with E-state index in [0.717, 1.165) is 0 Å². The molecule has 1 aromatic heterocycles. The quantitative estimate of drug-likeness (QED) is 0.783. The molecule has 6 nitrogen and oxygen atoms in total. The van der Waals surface area contributed by atoms with Crippen LogP contribution in [0.1, 0.15) is 6.92 Å². The molecule has 0 aliphatic carbocycles. The lowest BCUT2D eigenvalue weighted by Crippen LogP contribution is -2.32. The van der Waals surface area contributed by atoms with Gasteiger partial charge in [0.25, 0.3) is 0 Å². The van der Waals surface area contributed by atoms with Gasteiger partial charge in [0.05, 0.1) is 19.3 Å². The first kappa shape index (κ1) is 13.1. The molecule has 1 rings (SSSR count). The van der Waals surface area contributed by atoms with Crippen LogP contribution >= 0.6 is 0 Å². The van der Waals surface area contributed by atoms with Crippen molar-refractivity contribution in [3.05, 3.63) is 12.1 Å². The van der Waals surface area contributed by atoms with Crippen molar-refractivity contribution in [2.24, 2.45) is 0 Å². The van der Waals surface area contributed by atoms with E-state index in [4.69, 9.17) is 10.5 Å². The second-order valence-corrected chi connectivity index (χ2v) is 3.56. The molecule has 0 bridgehead atoms. The number of hydrogen-bond acceptors (Lipinski definition) is 5. The molecule has 3 N–H and O–H groups in total. The summed E-state index contributed by atoms with van der Waals surface area (Å²) in [5.74, 6) is 0.922. The molecule has 0 atom stereocenters. The number of pyridine rings is 1. The Kier molecular flexibility index (Phi) is 4.56. The number of likely N-dealkylation sites (N-methyl/N-ethyl adjacent to an activating group) is 1. The highest BCUT2D eigenvalue weighted by molar-refractivity contribution is 5.80. The Morgan fingerprint density at radius 3 is 2.88 bits per heavy atom. The van der Waals surface area contributed by atoms with Crippen molar-refractivity contribution in [1.29, 1.82) is 0 Å². The first-order valence-corrected chi connectivity index (χ1v) is 5.36. The van der Waals surface area contributed by atoms with Crippen LogP contribution in [0.2, 0.25) is 0 Å². The average Bonchev–Trinajstić information content (AvgIpc) is 2.36. The molecule has 0 saturated heterocycles. The van der Waals surface area contributed by atoms with Crippen molar-refractivity contribution >= 4 is 17.4 Å². The molecule has 0 aliphatic heterocycles. The zero-order chi connectivity index (χ0) is 12.8. The van der Waals surface area contributed by atoms with Gasteiger partial charge in [0, 0.05) is 13.6 Å². The van der Waals surface area contributed by atoms with Crippen LogP contribution in [0.3, 0.4) is 0 Å². The summed E-state index contributed by atoms with van der Waals surface area (Å²) in [7, 11) is 3.25. The lowest BCUT2D eigenvalue weighted by molar-refractivity contribution is -0.127. The zero-order valence-electron chi connectivity index (χ0n) is 10.4. The standard InChI is InChI=1S/C11H18N4O2/c1-4-15(2)10(16)7-13-9-6-5-8(12)11(14-9)17-3/h5-6H,4,7,12H2,1-3H3,(H,13,14). The van der Waals surface area contributed by atoms with Crippen LogP contribution in [0.4, 0.5) is 11.5 Å². The molecule has 0 aliphatic rings. The third kappa shape index (κ3) is 3.51. The van der Waals surface area contributed by atoms with Crippen LogP contribution in [-0.2, 0) is 4.79 Å². The van der Waals surface area contributed by atoms with Crippen LogP contribution in [0.15, 0.2) is 12.1 Å². The van der Waals surface area contributed by atoms with Crippen LogP contribution in [-0.4, -0.2) is 43.0 Å². The third-order valence-corrected chi connectivity index (χ3v) is 2.40. The monoisotopic (exact) mass is 238 g/mol. The van der Waals surface area contributed by atoms with E-state index in [9.17, 15) is 4.79 Å². The smallest absolute Gasteiger partial charge is 0.241 e. The molecule has 0 aromatic carbocycles. The minimum Gasteiger partial charge on any atom is -0.479 e. The number of amides is 1. The largest absolute Gasteiger partial charge is 0.479 e. The highest BCUT2D eigenvalue weighted by Gasteiger charge is 2.07. The normalized spacial score (nSPS) is 9.82. The Morgan fingerprint density at radius 1 is 1.59 bits per heavy atom. The van der Waals surface area contributed by atoms with Gasteiger partial charge in [-0.2, -0.15) is 4.98 Å². The molecule has 0 unspecified atom stereocenters. The number of rotatable bonds is 5. The lowest BCUT2D eigenvalue weighted by atomic mass is 10.4. The minimum absolute atomic E-state index is 0.00471. The summed E-state index contributed by atoms with van der Waals surface area (Å²) < 4.78 is 4.99. The number of carbonyl (C=O) groups is 1. The van der Waals surface area contributed by atoms with Crippen molar-refractivity contribution in [3.8, 4) is 5.88 Å². The van der Waals surface area contributed by atoms with Crippen molar-refractivity contribution in [3.63, 3.8) is 0 Å². The molecule has 0 radical (unpaired) electrons. The molecule has 1 aromatic rings. The lowest BCUT2D eigenvalue weighted by Gasteiger charge is -2.15. The number of anilines is 2. The van der Waals surface area contributed by atoms with Gasteiger partial charge in [-0.15, -0.1) is 0 Å². The van der Waals surface area contributed by atoms with E-state index in [2.05, 4.69) is 10.3 Å². The van der Waals surface area contributed by atoms with E-state index >= 15 is 0 Å². The van der Waals surface area contributed by atoms with Crippen molar-refractivity contribution in [1.82, 2.24) is 9.88 Å². The fraction of sp³-hybridized carbons (Fsp3) is 0.455. The fourth-order valence-electron chi connectivity index (χ4n) is 1.19. The van der Waals surface area contributed by atoms with Gasteiger partial charge >= 0.3 is 0 Å². The molecular weight excluding hydrogens is 220 g/mol. The van der Waals surface area contributed by atoms with Crippen LogP contribution in [0.25, 0.3) is 0 Å². The van der Waals surface area contributed by atoms with E-state index in [1.54, 1.807) is 24.1 Å². The number of ether oxygens (including phenoxy) is 1. The summed E-state index contributed by atoms with van der Waals surface area (Å²) in [4.78, 5) is 17.3. The molecule has 6 heteroatoms. The Bertz CT molecular complexity index is 395. The molecule has 0 saturated carbocycles. The van der Waals surface area contributed by atoms with Gasteiger partial charge in [-0.1, -0.05) is 0 Å². The summed E-state index contributed by atoms with van der Waals surface area (Å²) in [5.41, 5.74) is 6.10. The second kappa shape index (κ2) is 5.93.